The quantitative estimate of drug-likeness (QED) is 0.736. The van der Waals surface area contributed by atoms with Crippen molar-refractivity contribution < 1.29 is 23.4 Å². The highest BCUT2D eigenvalue weighted by molar-refractivity contribution is 7.89. The summed E-state index contributed by atoms with van der Waals surface area (Å²) in [5, 5.41) is 18.6. The Balaban J connectivity index is 3.05. The molecule has 1 rings (SSSR count). The van der Waals surface area contributed by atoms with Crippen LogP contribution in [0.5, 0.6) is 0 Å². The molecule has 20 heavy (non-hydrogen) atoms. The molecule has 0 aliphatic rings. The van der Waals surface area contributed by atoms with Crippen LogP contribution < -0.4 is 4.72 Å². The SMILES string of the molecule is CCC(C)(O)CNS(=O)(=O)c1ccc(Cl)c(C(=O)O)c1. The van der Waals surface area contributed by atoms with Crippen LogP contribution in [-0.4, -0.2) is 36.7 Å². The number of aliphatic hydroxyl groups is 1. The summed E-state index contributed by atoms with van der Waals surface area (Å²) in [7, 11) is -3.91. The molecule has 0 aliphatic heterocycles. The Hall–Kier alpha value is -1.15. The van der Waals surface area contributed by atoms with E-state index in [9.17, 15) is 18.3 Å². The molecule has 1 atom stereocenters. The largest absolute Gasteiger partial charge is 0.478 e. The van der Waals surface area contributed by atoms with E-state index in [0.717, 1.165) is 6.07 Å². The van der Waals surface area contributed by atoms with Crippen molar-refractivity contribution in [3.63, 3.8) is 0 Å². The van der Waals surface area contributed by atoms with Crippen LogP contribution in [0.4, 0.5) is 0 Å². The monoisotopic (exact) mass is 321 g/mol. The molecule has 0 aliphatic carbocycles. The molecule has 0 heterocycles. The first-order valence-electron chi connectivity index (χ1n) is 5.84. The third-order valence-corrected chi connectivity index (χ3v) is 4.61. The van der Waals surface area contributed by atoms with Crippen molar-refractivity contribution in [1.29, 1.82) is 0 Å². The minimum atomic E-state index is -3.91. The van der Waals surface area contributed by atoms with Gasteiger partial charge in [-0.2, -0.15) is 0 Å². The average Bonchev–Trinajstić information content (AvgIpc) is 2.36. The molecule has 0 radical (unpaired) electrons. The highest BCUT2D eigenvalue weighted by atomic mass is 35.5. The van der Waals surface area contributed by atoms with Crippen molar-refractivity contribution in [2.45, 2.75) is 30.8 Å². The van der Waals surface area contributed by atoms with Gasteiger partial charge in [0, 0.05) is 6.54 Å². The standard InChI is InChI=1S/C12H16ClNO5S/c1-3-12(2,17)7-14-20(18,19)8-4-5-10(13)9(6-8)11(15)16/h4-6,14,17H,3,7H2,1-2H3,(H,15,16). The van der Waals surface area contributed by atoms with Gasteiger partial charge >= 0.3 is 5.97 Å². The highest BCUT2D eigenvalue weighted by Gasteiger charge is 2.23. The lowest BCUT2D eigenvalue weighted by Crippen LogP contribution is -2.40. The predicted octanol–water partition coefficient (Wildman–Crippen LogP) is 1.48. The number of carbonyl (C=O) groups is 1. The number of rotatable bonds is 6. The van der Waals surface area contributed by atoms with Crippen molar-refractivity contribution in [3.05, 3.63) is 28.8 Å². The van der Waals surface area contributed by atoms with Crippen molar-refractivity contribution in [2.75, 3.05) is 6.54 Å². The maximum atomic E-state index is 12.0. The van der Waals surface area contributed by atoms with Crippen LogP contribution >= 0.6 is 11.6 Å². The minimum Gasteiger partial charge on any atom is -0.478 e. The van der Waals surface area contributed by atoms with E-state index in [1.165, 1.54) is 19.1 Å². The van der Waals surface area contributed by atoms with Crippen LogP contribution in [-0.2, 0) is 10.0 Å². The fourth-order valence-electron chi connectivity index (χ4n) is 1.29. The van der Waals surface area contributed by atoms with Gasteiger partial charge in [-0.05, 0) is 31.5 Å². The van der Waals surface area contributed by atoms with E-state index >= 15 is 0 Å². The van der Waals surface area contributed by atoms with E-state index in [2.05, 4.69) is 4.72 Å². The molecule has 0 amide bonds. The fraction of sp³-hybridized carbons (Fsp3) is 0.417. The number of aromatic carboxylic acids is 1. The summed E-state index contributed by atoms with van der Waals surface area (Å²) in [5.41, 5.74) is -1.47. The average molecular weight is 322 g/mol. The molecule has 0 bridgehead atoms. The first-order valence-corrected chi connectivity index (χ1v) is 7.70. The number of benzene rings is 1. The topological polar surface area (TPSA) is 104 Å². The van der Waals surface area contributed by atoms with Gasteiger partial charge in [0.05, 0.1) is 21.1 Å². The number of hydrogen-bond donors (Lipinski definition) is 3. The van der Waals surface area contributed by atoms with Crippen molar-refractivity contribution >= 4 is 27.6 Å². The van der Waals surface area contributed by atoms with Gasteiger partial charge < -0.3 is 10.2 Å². The predicted molar refractivity (Wildman–Crippen MR) is 74.5 cm³/mol. The van der Waals surface area contributed by atoms with Crippen LogP contribution in [0.3, 0.4) is 0 Å². The van der Waals surface area contributed by atoms with Gasteiger partial charge in [0.2, 0.25) is 10.0 Å². The van der Waals surface area contributed by atoms with E-state index in [1.807, 2.05) is 0 Å². The second-order valence-corrected chi connectivity index (χ2v) is 6.80. The lowest BCUT2D eigenvalue weighted by atomic mass is 10.1. The third-order valence-electron chi connectivity index (χ3n) is 2.88. The number of nitrogens with one attached hydrogen (secondary N) is 1. The summed E-state index contributed by atoms with van der Waals surface area (Å²) in [4.78, 5) is 10.7. The summed E-state index contributed by atoms with van der Waals surface area (Å²) < 4.78 is 26.3. The summed E-state index contributed by atoms with van der Waals surface area (Å²) in [6.45, 7) is 3.05. The van der Waals surface area contributed by atoms with Gasteiger partial charge in [0.25, 0.3) is 0 Å². The summed E-state index contributed by atoms with van der Waals surface area (Å²) >= 11 is 5.68. The highest BCUT2D eigenvalue weighted by Crippen LogP contribution is 2.20. The maximum absolute atomic E-state index is 12.0. The Morgan fingerprint density at radius 2 is 2.05 bits per heavy atom. The number of sulfonamides is 1. The molecule has 8 heteroatoms. The van der Waals surface area contributed by atoms with Crippen LogP contribution in [0.15, 0.2) is 23.1 Å². The van der Waals surface area contributed by atoms with Crippen molar-refractivity contribution in [1.82, 2.24) is 4.72 Å². The summed E-state index contributed by atoms with van der Waals surface area (Å²) in [6.07, 6.45) is 0.372. The molecule has 1 aromatic carbocycles. The number of hydrogen-bond acceptors (Lipinski definition) is 4. The first kappa shape index (κ1) is 16.9. The van der Waals surface area contributed by atoms with Gasteiger partial charge in [-0.1, -0.05) is 18.5 Å². The Kier molecular flexibility index (Phi) is 5.15. The molecule has 1 unspecified atom stereocenters. The second-order valence-electron chi connectivity index (χ2n) is 4.62. The minimum absolute atomic E-state index is 0.0444. The molecule has 1 aromatic rings. The molecule has 6 nitrogen and oxygen atoms in total. The molecule has 0 saturated heterocycles. The summed E-state index contributed by atoms with van der Waals surface area (Å²) in [6, 6.07) is 3.39. The summed E-state index contributed by atoms with van der Waals surface area (Å²) in [5.74, 6) is -1.31. The molecule has 3 N–H and O–H groups in total. The van der Waals surface area contributed by atoms with Gasteiger partial charge in [-0.15, -0.1) is 0 Å². The van der Waals surface area contributed by atoms with E-state index in [0.29, 0.717) is 6.42 Å². The number of halogens is 1. The van der Waals surface area contributed by atoms with Crippen molar-refractivity contribution in [3.8, 4) is 0 Å². The Morgan fingerprint density at radius 3 is 2.55 bits per heavy atom. The van der Waals surface area contributed by atoms with E-state index in [4.69, 9.17) is 16.7 Å². The second kappa shape index (κ2) is 6.09. The van der Waals surface area contributed by atoms with Gasteiger partial charge in [-0.25, -0.2) is 17.9 Å². The molecular weight excluding hydrogens is 306 g/mol. The molecule has 0 saturated carbocycles. The fourth-order valence-corrected chi connectivity index (χ4v) is 2.68. The third kappa shape index (κ3) is 4.17. The van der Waals surface area contributed by atoms with Gasteiger partial charge in [-0.3, -0.25) is 0 Å². The zero-order chi connectivity index (χ0) is 15.6. The zero-order valence-corrected chi connectivity index (χ0v) is 12.6. The lowest BCUT2D eigenvalue weighted by Gasteiger charge is -2.21. The molecule has 0 aromatic heterocycles. The molecule has 112 valence electrons. The van der Waals surface area contributed by atoms with E-state index in [1.54, 1.807) is 6.92 Å². The molecular formula is C12H16ClNO5S. The molecule has 0 fully saturated rings. The normalized spacial score (nSPS) is 14.8. The molecule has 0 spiro atoms. The van der Waals surface area contributed by atoms with Crippen LogP contribution in [0.2, 0.25) is 5.02 Å². The van der Waals surface area contributed by atoms with E-state index in [-0.39, 0.29) is 22.0 Å². The van der Waals surface area contributed by atoms with E-state index < -0.39 is 21.6 Å². The Bertz CT molecular complexity index is 612. The smallest absolute Gasteiger partial charge is 0.337 e. The number of carboxylic acids is 1. The Labute approximate surface area is 122 Å². The van der Waals surface area contributed by atoms with Crippen molar-refractivity contribution in [2.24, 2.45) is 0 Å². The Morgan fingerprint density at radius 1 is 1.45 bits per heavy atom. The van der Waals surface area contributed by atoms with Crippen LogP contribution in [0.1, 0.15) is 30.6 Å². The van der Waals surface area contributed by atoms with Crippen LogP contribution in [0, 0.1) is 0 Å². The van der Waals surface area contributed by atoms with Crippen LogP contribution in [0.25, 0.3) is 0 Å². The first-order chi connectivity index (χ1) is 9.09. The number of carboxylic acid groups (broad SMARTS) is 1. The lowest BCUT2D eigenvalue weighted by molar-refractivity contribution is 0.0613. The zero-order valence-electron chi connectivity index (χ0n) is 11.1. The van der Waals surface area contributed by atoms with Gasteiger partial charge in [0.15, 0.2) is 0 Å². The maximum Gasteiger partial charge on any atom is 0.337 e. The van der Waals surface area contributed by atoms with Gasteiger partial charge in [0.1, 0.15) is 0 Å².